The van der Waals surface area contributed by atoms with Crippen molar-refractivity contribution in [1.29, 1.82) is 0 Å². The van der Waals surface area contributed by atoms with E-state index in [1.54, 1.807) is 0 Å². The lowest BCUT2D eigenvalue weighted by Gasteiger charge is -2.33. The Hall–Kier alpha value is -0.280. The second-order valence-corrected chi connectivity index (χ2v) is 5.50. The molecule has 18 heavy (non-hydrogen) atoms. The van der Waals surface area contributed by atoms with Gasteiger partial charge >= 0.3 is 0 Å². The molecular weight excluding hydrogens is 267 g/mol. The maximum atomic E-state index is 6.26. The average molecular weight is 289 g/mol. The maximum absolute atomic E-state index is 6.26. The first-order valence-electron chi connectivity index (χ1n) is 6.38. The summed E-state index contributed by atoms with van der Waals surface area (Å²) in [6.07, 6.45) is 2.29. The molecule has 0 saturated carbocycles. The van der Waals surface area contributed by atoms with Crippen molar-refractivity contribution in [2.24, 2.45) is 5.73 Å². The molecule has 102 valence electrons. The smallest absolute Gasteiger partial charge is 0.0499 e. The molecule has 0 fully saturated rings. The number of likely N-dealkylation sites (N-methyl/N-ethyl adjacent to an activating group) is 1. The van der Waals surface area contributed by atoms with Gasteiger partial charge in [-0.15, -0.1) is 0 Å². The van der Waals surface area contributed by atoms with Gasteiger partial charge in [0.15, 0.2) is 0 Å². The van der Waals surface area contributed by atoms with E-state index in [1.807, 2.05) is 18.2 Å². The molecule has 2 nitrogen and oxygen atoms in total. The molecular formula is C14H22Cl2N2. The fourth-order valence-electron chi connectivity index (χ4n) is 2.25. The predicted octanol–water partition coefficient (Wildman–Crippen LogP) is 4.11. The summed E-state index contributed by atoms with van der Waals surface area (Å²) >= 11 is 12.5. The van der Waals surface area contributed by atoms with Crippen molar-refractivity contribution in [3.05, 3.63) is 33.8 Å². The van der Waals surface area contributed by atoms with E-state index in [2.05, 4.69) is 25.8 Å². The summed E-state index contributed by atoms with van der Waals surface area (Å²) in [6.45, 7) is 4.90. The van der Waals surface area contributed by atoms with Crippen LogP contribution in [0.25, 0.3) is 0 Å². The number of nitrogens with two attached hydrogens (primary N) is 1. The maximum Gasteiger partial charge on any atom is 0.0499 e. The minimum Gasteiger partial charge on any atom is -0.329 e. The molecule has 0 aliphatic heterocycles. The van der Waals surface area contributed by atoms with E-state index in [4.69, 9.17) is 28.9 Å². The lowest BCUT2D eigenvalue weighted by molar-refractivity contribution is 0.180. The van der Waals surface area contributed by atoms with Gasteiger partial charge in [-0.1, -0.05) is 42.6 Å². The minimum atomic E-state index is 0.0627. The van der Waals surface area contributed by atoms with E-state index in [0.29, 0.717) is 22.6 Å². The Labute approximate surface area is 120 Å². The Balaban J connectivity index is 3.02. The number of hydrogen-bond donors (Lipinski definition) is 1. The molecule has 0 saturated heterocycles. The van der Waals surface area contributed by atoms with Gasteiger partial charge in [0.2, 0.25) is 0 Å². The van der Waals surface area contributed by atoms with Crippen LogP contribution in [0, 0.1) is 0 Å². The normalized spacial score (nSPS) is 14.8. The third-order valence-electron chi connectivity index (χ3n) is 3.45. The Morgan fingerprint density at radius 3 is 2.28 bits per heavy atom. The van der Waals surface area contributed by atoms with Gasteiger partial charge < -0.3 is 5.73 Å². The van der Waals surface area contributed by atoms with Crippen LogP contribution < -0.4 is 5.73 Å². The zero-order valence-corrected chi connectivity index (χ0v) is 12.8. The Kier molecular flexibility index (Phi) is 6.44. The number of halogens is 2. The van der Waals surface area contributed by atoms with Crippen LogP contribution in [0.2, 0.25) is 10.0 Å². The van der Waals surface area contributed by atoms with E-state index < -0.39 is 0 Å². The lowest BCUT2D eigenvalue weighted by atomic mass is 10.0. The van der Waals surface area contributed by atoms with Gasteiger partial charge in [-0.05, 0) is 32.5 Å². The standard InChI is InChI=1S/C14H22Cl2N2/c1-4-6-10(2)18(3)13(9-17)14-11(15)7-5-8-12(14)16/h5,7-8,10,13H,4,6,9,17H2,1-3H3. The summed E-state index contributed by atoms with van der Waals surface area (Å²) in [7, 11) is 2.08. The second-order valence-electron chi connectivity index (χ2n) is 4.69. The lowest BCUT2D eigenvalue weighted by Crippen LogP contribution is -2.37. The van der Waals surface area contributed by atoms with E-state index in [1.165, 1.54) is 0 Å². The molecule has 1 rings (SSSR count). The van der Waals surface area contributed by atoms with Crippen LogP contribution in [0.4, 0.5) is 0 Å². The molecule has 0 aromatic heterocycles. The summed E-state index contributed by atoms with van der Waals surface area (Å²) < 4.78 is 0. The summed E-state index contributed by atoms with van der Waals surface area (Å²) in [4.78, 5) is 2.26. The van der Waals surface area contributed by atoms with Gasteiger partial charge in [-0.25, -0.2) is 0 Å². The Bertz CT molecular complexity index is 362. The number of rotatable bonds is 6. The summed E-state index contributed by atoms with van der Waals surface area (Å²) in [5, 5.41) is 1.38. The van der Waals surface area contributed by atoms with E-state index in [-0.39, 0.29) is 6.04 Å². The van der Waals surface area contributed by atoms with Crippen LogP contribution in [-0.2, 0) is 0 Å². The fourth-order valence-corrected chi connectivity index (χ4v) is 2.89. The van der Waals surface area contributed by atoms with E-state index in [0.717, 1.165) is 18.4 Å². The zero-order chi connectivity index (χ0) is 13.7. The molecule has 0 spiro atoms. The monoisotopic (exact) mass is 288 g/mol. The third kappa shape index (κ3) is 3.61. The van der Waals surface area contributed by atoms with Crippen LogP contribution in [0.5, 0.6) is 0 Å². The van der Waals surface area contributed by atoms with E-state index in [9.17, 15) is 0 Å². The average Bonchev–Trinajstić information content (AvgIpc) is 2.33. The SMILES string of the molecule is CCCC(C)N(C)C(CN)c1c(Cl)cccc1Cl. The summed E-state index contributed by atoms with van der Waals surface area (Å²) in [5.41, 5.74) is 6.86. The van der Waals surface area contributed by atoms with Crippen LogP contribution in [-0.4, -0.2) is 24.5 Å². The molecule has 0 aliphatic carbocycles. The van der Waals surface area contributed by atoms with Crippen LogP contribution in [0.3, 0.4) is 0 Å². The molecule has 2 unspecified atom stereocenters. The first-order valence-corrected chi connectivity index (χ1v) is 7.14. The van der Waals surface area contributed by atoms with Crippen molar-refractivity contribution in [1.82, 2.24) is 4.90 Å². The minimum absolute atomic E-state index is 0.0627. The van der Waals surface area contributed by atoms with Crippen LogP contribution in [0.1, 0.15) is 38.3 Å². The van der Waals surface area contributed by atoms with Gasteiger partial charge in [0.05, 0.1) is 0 Å². The fraction of sp³-hybridized carbons (Fsp3) is 0.571. The van der Waals surface area contributed by atoms with Crippen LogP contribution >= 0.6 is 23.2 Å². The zero-order valence-electron chi connectivity index (χ0n) is 11.3. The van der Waals surface area contributed by atoms with Crippen molar-refractivity contribution in [3.8, 4) is 0 Å². The first kappa shape index (κ1) is 15.8. The topological polar surface area (TPSA) is 29.3 Å². The third-order valence-corrected chi connectivity index (χ3v) is 4.11. The van der Waals surface area contributed by atoms with Gasteiger partial charge in [0, 0.05) is 34.2 Å². The van der Waals surface area contributed by atoms with Crippen molar-refractivity contribution < 1.29 is 0 Å². The van der Waals surface area contributed by atoms with Gasteiger partial charge in [-0.3, -0.25) is 4.90 Å². The van der Waals surface area contributed by atoms with Crippen molar-refractivity contribution in [2.45, 2.75) is 38.8 Å². The molecule has 1 aromatic carbocycles. The molecule has 1 aromatic rings. The molecule has 2 N–H and O–H groups in total. The summed E-state index contributed by atoms with van der Waals surface area (Å²) in [5.74, 6) is 0. The van der Waals surface area contributed by atoms with Gasteiger partial charge in [0.25, 0.3) is 0 Å². The highest BCUT2D eigenvalue weighted by atomic mass is 35.5. The number of benzene rings is 1. The van der Waals surface area contributed by atoms with Crippen molar-refractivity contribution in [2.75, 3.05) is 13.6 Å². The predicted molar refractivity (Wildman–Crippen MR) is 80.4 cm³/mol. The number of hydrogen-bond acceptors (Lipinski definition) is 2. The van der Waals surface area contributed by atoms with Crippen LogP contribution in [0.15, 0.2) is 18.2 Å². The largest absolute Gasteiger partial charge is 0.329 e. The highest BCUT2D eigenvalue weighted by Crippen LogP contribution is 2.33. The quantitative estimate of drug-likeness (QED) is 0.853. The highest BCUT2D eigenvalue weighted by molar-refractivity contribution is 6.36. The Morgan fingerprint density at radius 1 is 1.28 bits per heavy atom. The Morgan fingerprint density at radius 2 is 1.83 bits per heavy atom. The second kappa shape index (κ2) is 7.34. The molecule has 0 aliphatic rings. The van der Waals surface area contributed by atoms with Gasteiger partial charge in [0.1, 0.15) is 0 Å². The number of nitrogens with zero attached hydrogens (tertiary/aromatic N) is 1. The van der Waals surface area contributed by atoms with Crippen molar-refractivity contribution >= 4 is 23.2 Å². The van der Waals surface area contributed by atoms with E-state index >= 15 is 0 Å². The highest BCUT2D eigenvalue weighted by Gasteiger charge is 2.23. The molecule has 0 radical (unpaired) electrons. The first-order chi connectivity index (χ1) is 8.52. The molecule has 2 atom stereocenters. The summed E-state index contributed by atoms with van der Waals surface area (Å²) in [6, 6.07) is 6.11. The molecule has 0 amide bonds. The van der Waals surface area contributed by atoms with Gasteiger partial charge in [-0.2, -0.15) is 0 Å². The molecule has 0 bridgehead atoms. The molecule has 0 heterocycles. The van der Waals surface area contributed by atoms with Crippen molar-refractivity contribution in [3.63, 3.8) is 0 Å². The molecule has 4 heteroatoms.